The summed E-state index contributed by atoms with van der Waals surface area (Å²) in [5.41, 5.74) is 1.60. The van der Waals surface area contributed by atoms with E-state index in [9.17, 15) is 14.0 Å². The standard InChI is InChI=1S/C21H20FIN2O4/c1-3-7-25-20(26)17(24-21(25)27)10-14-9-16(23)19(18(11-14)28-2)29-12-13-5-4-6-15(22)8-13/h4-6,8-11H,3,7,12H2,1-2H3,(H,24,27)/b17-10+. The maximum Gasteiger partial charge on any atom is 0.329 e. The molecule has 1 N–H and O–H groups in total. The molecule has 2 aromatic carbocycles. The molecule has 0 radical (unpaired) electrons. The van der Waals surface area contributed by atoms with Gasteiger partial charge in [0.05, 0.1) is 10.7 Å². The van der Waals surface area contributed by atoms with Crippen molar-refractivity contribution in [3.8, 4) is 11.5 Å². The fourth-order valence-corrected chi connectivity index (χ4v) is 3.69. The Morgan fingerprint density at radius 2 is 2.03 bits per heavy atom. The third-order valence-corrected chi connectivity index (χ3v) is 5.05. The largest absolute Gasteiger partial charge is 0.493 e. The van der Waals surface area contributed by atoms with Gasteiger partial charge in [0.1, 0.15) is 18.1 Å². The summed E-state index contributed by atoms with van der Waals surface area (Å²) in [5, 5.41) is 2.60. The molecule has 0 aromatic heterocycles. The molecule has 3 amide bonds. The van der Waals surface area contributed by atoms with Crippen LogP contribution in [0.3, 0.4) is 0 Å². The highest BCUT2D eigenvalue weighted by atomic mass is 127. The second-order valence-corrected chi connectivity index (χ2v) is 7.56. The summed E-state index contributed by atoms with van der Waals surface area (Å²) in [6, 6.07) is 9.31. The normalized spacial score (nSPS) is 15.0. The molecule has 1 aliphatic heterocycles. The molecule has 29 heavy (non-hydrogen) atoms. The summed E-state index contributed by atoms with van der Waals surface area (Å²) in [5.74, 6) is 0.323. The second-order valence-electron chi connectivity index (χ2n) is 6.40. The Kier molecular flexibility index (Phi) is 6.73. The number of hydrogen-bond donors (Lipinski definition) is 1. The molecule has 0 unspecified atom stereocenters. The number of ether oxygens (including phenoxy) is 2. The molecular weight excluding hydrogens is 490 g/mol. The number of benzene rings is 2. The Labute approximate surface area is 181 Å². The summed E-state index contributed by atoms with van der Waals surface area (Å²) < 4.78 is 25.4. The molecule has 0 saturated carbocycles. The van der Waals surface area contributed by atoms with E-state index < -0.39 is 6.03 Å². The van der Waals surface area contributed by atoms with Crippen LogP contribution >= 0.6 is 22.6 Å². The average Bonchev–Trinajstić information content (AvgIpc) is 2.94. The first-order valence-electron chi connectivity index (χ1n) is 9.02. The molecule has 0 spiro atoms. The topological polar surface area (TPSA) is 67.9 Å². The van der Waals surface area contributed by atoms with E-state index in [2.05, 4.69) is 27.9 Å². The van der Waals surface area contributed by atoms with Crippen LogP contribution in [0.1, 0.15) is 24.5 Å². The predicted octanol–water partition coefficient (Wildman–Crippen LogP) is 4.32. The molecule has 1 saturated heterocycles. The number of amides is 3. The van der Waals surface area contributed by atoms with Gasteiger partial charge in [-0.15, -0.1) is 0 Å². The van der Waals surface area contributed by atoms with Gasteiger partial charge in [0.15, 0.2) is 11.5 Å². The lowest BCUT2D eigenvalue weighted by Gasteiger charge is -2.14. The number of carbonyl (C=O) groups is 2. The van der Waals surface area contributed by atoms with Crippen molar-refractivity contribution in [2.75, 3.05) is 13.7 Å². The van der Waals surface area contributed by atoms with Gasteiger partial charge in [-0.05, 0) is 70.5 Å². The van der Waals surface area contributed by atoms with Crippen LogP contribution in [0.2, 0.25) is 0 Å². The van der Waals surface area contributed by atoms with E-state index >= 15 is 0 Å². The molecule has 1 fully saturated rings. The lowest BCUT2D eigenvalue weighted by molar-refractivity contribution is -0.122. The molecule has 1 aliphatic rings. The number of imide groups is 1. The first-order chi connectivity index (χ1) is 13.9. The number of halogens is 2. The van der Waals surface area contributed by atoms with E-state index in [1.165, 1.54) is 24.1 Å². The minimum atomic E-state index is -0.417. The first kappa shape index (κ1) is 21.1. The molecule has 2 aromatic rings. The van der Waals surface area contributed by atoms with Crippen LogP contribution in [0.15, 0.2) is 42.1 Å². The maximum atomic E-state index is 13.4. The van der Waals surface area contributed by atoms with Gasteiger partial charge in [-0.25, -0.2) is 9.18 Å². The highest BCUT2D eigenvalue weighted by molar-refractivity contribution is 14.1. The molecular formula is C21H20FIN2O4. The fraction of sp³-hybridized carbons (Fsp3) is 0.238. The van der Waals surface area contributed by atoms with Crippen LogP contribution in [0.25, 0.3) is 6.08 Å². The average molecular weight is 510 g/mol. The van der Waals surface area contributed by atoms with Crippen LogP contribution in [0.4, 0.5) is 9.18 Å². The summed E-state index contributed by atoms with van der Waals surface area (Å²) >= 11 is 2.11. The SMILES string of the molecule is CCCN1C(=O)N/C(=C/c2cc(I)c(OCc3cccc(F)c3)c(OC)c2)C1=O. The van der Waals surface area contributed by atoms with E-state index in [4.69, 9.17) is 9.47 Å². The molecule has 0 aliphatic carbocycles. The second kappa shape index (κ2) is 9.25. The molecule has 3 rings (SSSR count). The number of methoxy groups -OCH3 is 1. The third-order valence-electron chi connectivity index (χ3n) is 4.24. The van der Waals surface area contributed by atoms with E-state index in [1.54, 1.807) is 24.3 Å². The highest BCUT2D eigenvalue weighted by Crippen LogP contribution is 2.35. The zero-order valence-corrected chi connectivity index (χ0v) is 18.2. The van der Waals surface area contributed by atoms with Gasteiger partial charge in [0.25, 0.3) is 5.91 Å². The van der Waals surface area contributed by atoms with Crippen molar-refractivity contribution in [1.82, 2.24) is 10.2 Å². The van der Waals surface area contributed by atoms with E-state index in [0.29, 0.717) is 35.6 Å². The molecule has 8 heteroatoms. The van der Waals surface area contributed by atoms with Gasteiger partial charge < -0.3 is 14.8 Å². The number of rotatable bonds is 7. The predicted molar refractivity (Wildman–Crippen MR) is 115 cm³/mol. The Morgan fingerprint density at radius 1 is 1.24 bits per heavy atom. The zero-order valence-electron chi connectivity index (χ0n) is 16.0. The third kappa shape index (κ3) is 4.87. The lowest BCUT2D eigenvalue weighted by atomic mass is 10.1. The minimum absolute atomic E-state index is 0.186. The van der Waals surface area contributed by atoms with Gasteiger partial charge >= 0.3 is 6.03 Å². The van der Waals surface area contributed by atoms with Crippen LogP contribution in [0.5, 0.6) is 11.5 Å². The van der Waals surface area contributed by atoms with Gasteiger partial charge in [-0.2, -0.15) is 0 Å². The molecule has 0 atom stereocenters. The number of urea groups is 1. The fourth-order valence-electron chi connectivity index (χ4n) is 2.91. The monoisotopic (exact) mass is 510 g/mol. The Balaban J connectivity index is 1.83. The Morgan fingerprint density at radius 3 is 2.72 bits per heavy atom. The number of nitrogens with one attached hydrogen (secondary N) is 1. The van der Waals surface area contributed by atoms with Crippen molar-refractivity contribution in [2.24, 2.45) is 0 Å². The van der Waals surface area contributed by atoms with Gasteiger partial charge in [0, 0.05) is 6.54 Å². The molecule has 0 bridgehead atoms. The van der Waals surface area contributed by atoms with Crippen LogP contribution in [0, 0.1) is 9.39 Å². The zero-order chi connectivity index (χ0) is 21.0. The van der Waals surface area contributed by atoms with Crippen molar-refractivity contribution < 1.29 is 23.5 Å². The molecule has 1 heterocycles. The number of carbonyl (C=O) groups excluding carboxylic acids is 2. The molecule has 152 valence electrons. The van der Waals surface area contributed by atoms with Crippen LogP contribution < -0.4 is 14.8 Å². The van der Waals surface area contributed by atoms with Crippen molar-refractivity contribution in [3.05, 3.63) is 62.6 Å². The van der Waals surface area contributed by atoms with Crippen LogP contribution in [-0.2, 0) is 11.4 Å². The van der Waals surface area contributed by atoms with Crippen molar-refractivity contribution >= 4 is 40.6 Å². The van der Waals surface area contributed by atoms with Gasteiger partial charge in [-0.3, -0.25) is 9.69 Å². The van der Waals surface area contributed by atoms with Crippen molar-refractivity contribution in [2.45, 2.75) is 20.0 Å². The van der Waals surface area contributed by atoms with E-state index in [0.717, 1.165) is 3.57 Å². The summed E-state index contributed by atoms with van der Waals surface area (Å²) in [4.78, 5) is 25.5. The van der Waals surface area contributed by atoms with Crippen molar-refractivity contribution in [1.29, 1.82) is 0 Å². The minimum Gasteiger partial charge on any atom is -0.493 e. The smallest absolute Gasteiger partial charge is 0.329 e. The van der Waals surface area contributed by atoms with Crippen LogP contribution in [-0.4, -0.2) is 30.5 Å². The van der Waals surface area contributed by atoms with Gasteiger partial charge in [-0.1, -0.05) is 19.1 Å². The van der Waals surface area contributed by atoms with Gasteiger partial charge in [0.2, 0.25) is 0 Å². The summed E-state index contributed by atoms with van der Waals surface area (Å²) in [6.45, 7) is 2.46. The Hall–Kier alpha value is -2.62. The maximum absolute atomic E-state index is 13.4. The number of nitrogens with zero attached hydrogens (tertiary/aromatic N) is 1. The number of hydrogen-bond acceptors (Lipinski definition) is 4. The van der Waals surface area contributed by atoms with E-state index in [1.807, 2.05) is 13.0 Å². The van der Waals surface area contributed by atoms with Crippen molar-refractivity contribution in [3.63, 3.8) is 0 Å². The summed E-state index contributed by atoms with van der Waals surface area (Å²) in [7, 11) is 1.52. The quantitative estimate of drug-likeness (QED) is 0.343. The first-order valence-corrected chi connectivity index (χ1v) is 10.1. The molecule has 6 nitrogen and oxygen atoms in total. The Bertz CT molecular complexity index is 977. The highest BCUT2D eigenvalue weighted by Gasteiger charge is 2.32. The summed E-state index contributed by atoms with van der Waals surface area (Å²) in [6.07, 6.45) is 2.30. The lowest BCUT2D eigenvalue weighted by Crippen LogP contribution is -2.31. The van der Waals surface area contributed by atoms with E-state index in [-0.39, 0.29) is 24.0 Å².